The van der Waals surface area contributed by atoms with Crippen LogP contribution >= 0.6 is 0 Å². The van der Waals surface area contributed by atoms with Crippen molar-refractivity contribution in [2.75, 3.05) is 13.1 Å². The molecule has 1 N–H and O–H groups in total. The third-order valence-corrected chi connectivity index (χ3v) is 0.957. The second-order valence-corrected chi connectivity index (χ2v) is 2.16. The summed E-state index contributed by atoms with van der Waals surface area (Å²) in [5, 5.41) is 3.22. The molecule has 0 aromatic carbocycles. The van der Waals surface area contributed by atoms with Crippen LogP contribution < -0.4 is 5.32 Å². The summed E-state index contributed by atoms with van der Waals surface area (Å²) in [6.45, 7) is 6.75. The average molecular weight is 115 g/mol. The zero-order valence-electron chi connectivity index (χ0n) is 6.04. The molecule has 0 bridgehead atoms. The summed E-state index contributed by atoms with van der Waals surface area (Å²) in [4.78, 5) is 0. The van der Waals surface area contributed by atoms with Gasteiger partial charge in [-0.2, -0.15) is 0 Å². The van der Waals surface area contributed by atoms with Crippen molar-refractivity contribution in [3.63, 3.8) is 0 Å². The molecule has 0 spiro atoms. The first-order valence-corrected chi connectivity index (χ1v) is 3.62. The Bertz CT molecular complexity index is 23.8. The molecule has 0 radical (unpaired) electrons. The van der Waals surface area contributed by atoms with E-state index in [9.17, 15) is 0 Å². The van der Waals surface area contributed by atoms with Crippen LogP contribution in [0.1, 0.15) is 33.1 Å². The van der Waals surface area contributed by atoms with Crippen molar-refractivity contribution >= 4 is 0 Å². The fourth-order valence-electron chi connectivity index (χ4n) is 0.625. The van der Waals surface area contributed by atoms with Crippen LogP contribution in [0.25, 0.3) is 0 Å². The topological polar surface area (TPSA) is 12.0 Å². The molecule has 0 amide bonds. The SMILES string of the molecule is C1CCNC1.CCC. The van der Waals surface area contributed by atoms with Gasteiger partial charge in [0.15, 0.2) is 0 Å². The molecule has 1 nitrogen and oxygen atoms in total. The van der Waals surface area contributed by atoms with Crippen molar-refractivity contribution < 1.29 is 0 Å². The molecule has 1 heterocycles. The van der Waals surface area contributed by atoms with E-state index in [0.29, 0.717) is 0 Å². The molecule has 50 valence electrons. The maximum atomic E-state index is 3.22. The lowest BCUT2D eigenvalue weighted by Crippen LogP contribution is -2.03. The van der Waals surface area contributed by atoms with Gasteiger partial charge in [-0.1, -0.05) is 20.3 Å². The summed E-state index contributed by atoms with van der Waals surface area (Å²) in [5.41, 5.74) is 0. The van der Waals surface area contributed by atoms with Crippen LogP contribution in [-0.2, 0) is 0 Å². The first kappa shape index (κ1) is 7.96. The van der Waals surface area contributed by atoms with E-state index in [1.54, 1.807) is 0 Å². The highest BCUT2D eigenvalue weighted by Gasteiger charge is 1.93. The maximum Gasteiger partial charge on any atom is -0.00484 e. The van der Waals surface area contributed by atoms with Crippen molar-refractivity contribution in [3.8, 4) is 0 Å². The summed E-state index contributed by atoms with van der Waals surface area (Å²) in [6, 6.07) is 0. The van der Waals surface area contributed by atoms with Gasteiger partial charge in [0, 0.05) is 0 Å². The molecular formula is C7H17N. The average Bonchev–Trinajstić information content (AvgIpc) is 2.17. The summed E-state index contributed by atoms with van der Waals surface area (Å²) in [5.74, 6) is 0. The van der Waals surface area contributed by atoms with Crippen molar-refractivity contribution in [1.29, 1.82) is 0 Å². The summed E-state index contributed by atoms with van der Waals surface area (Å²) < 4.78 is 0. The van der Waals surface area contributed by atoms with Gasteiger partial charge in [-0.05, 0) is 25.9 Å². The quantitative estimate of drug-likeness (QED) is 0.507. The summed E-state index contributed by atoms with van der Waals surface area (Å²) >= 11 is 0. The monoisotopic (exact) mass is 115 g/mol. The molecule has 8 heavy (non-hydrogen) atoms. The number of rotatable bonds is 0. The van der Waals surface area contributed by atoms with E-state index in [4.69, 9.17) is 0 Å². The molecule has 0 aromatic rings. The Morgan fingerprint density at radius 3 is 1.62 bits per heavy atom. The molecule has 1 fully saturated rings. The minimum absolute atomic E-state index is 1.25. The number of hydrogen-bond acceptors (Lipinski definition) is 1. The van der Waals surface area contributed by atoms with Gasteiger partial charge in [-0.25, -0.2) is 0 Å². The van der Waals surface area contributed by atoms with Crippen molar-refractivity contribution in [2.45, 2.75) is 33.1 Å². The molecule has 0 saturated carbocycles. The maximum absolute atomic E-state index is 3.22. The Hall–Kier alpha value is -0.0400. The van der Waals surface area contributed by atoms with E-state index in [1.807, 2.05) is 0 Å². The first-order valence-electron chi connectivity index (χ1n) is 3.62. The van der Waals surface area contributed by atoms with Gasteiger partial charge in [-0.15, -0.1) is 0 Å². The van der Waals surface area contributed by atoms with Crippen LogP contribution in [0.5, 0.6) is 0 Å². The number of hydrogen-bond donors (Lipinski definition) is 1. The molecular weight excluding hydrogens is 98.1 g/mol. The Kier molecular flexibility index (Phi) is 6.93. The van der Waals surface area contributed by atoms with Gasteiger partial charge >= 0.3 is 0 Å². The Labute approximate surface area is 52.5 Å². The molecule has 1 heteroatoms. The van der Waals surface area contributed by atoms with Crippen LogP contribution in [-0.4, -0.2) is 13.1 Å². The van der Waals surface area contributed by atoms with E-state index in [-0.39, 0.29) is 0 Å². The van der Waals surface area contributed by atoms with Gasteiger partial charge in [0.1, 0.15) is 0 Å². The lowest BCUT2D eigenvalue weighted by atomic mass is 10.4. The van der Waals surface area contributed by atoms with Crippen LogP contribution in [0.4, 0.5) is 0 Å². The predicted molar refractivity (Wildman–Crippen MR) is 38.1 cm³/mol. The van der Waals surface area contributed by atoms with E-state index in [2.05, 4.69) is 19.2 Å². The molecule has 1 aliphatic heterocycles. The van der Waals surface area contributed by atoms with Gasteiger partial charge in [0.25, 0.3) is 0 Å². The third kappa shape index (κ3) is 5.96. The Balaban J connectivity index is 0.000000145. The van der Waals surface area contributed by atoms with E-state index in [1.165, 1.54) is 32.4 Å². The molecule has 0 atom stereocenters. The number of nitrogens with one attached hydrogen (secondary N) is 1. The standard InChI is InChI=1S/C4H9N.C3H8/c1-2-4-5-3-1;1-3-2/h5H,1-4H2;3H2,1-2H3. The first-order chi connectivity index (χ1) is 3.91. The summed E-state index contributed by atoms with van der Waals surface area (Å²) in [7, 11) is 0. The zero-order chi connectivity index (χ0) is 6.24. The van der Waals surface area contributed by atoms with Crippen molar-refractivity contribution in [1.82, 2.24) is 5.32 Å². The van der Waals surface area contributed by atoms with Crippen LogP contribution in [0.2, 0.25) is 0 Å². The molecule has 0 aliphatic carbocycles. The van der Waals surface area contributed by atoms with Crippen molar-refractivity contribution in [3.05, 3.63) is 0 Å². The lowest BCUT2D eigenvalue weighted by molar-refractivity contribution is 0.857. The van der Waals surface area contributed by atoms with E-state index in [0.717, 1.165) is 0 Å². The smallest absolute Gasteiger partial charge is 0.00484 e. The van der Waals surface area contributed by atoms with Gasteiger partial charge < -0.3 is 5.32 Å². The predicted octanol–water partition coefficient (Wildman–Crippen LogP) is 1.79. The van der Waals surface area contributed by atoms with Gasteiger partial charge in [0.2, 0.25) is 0 Å². The summed E-state index contributed by atoms with van der Waals surface area (Å²) in [6.07, 6.45) is 4.03. The van der Waals surface area contributed by atoms with Crippen LogP contribution in [0.15, 0.2) is 0 Å². The molecule has 0 aromatic heterocycles. The largest absolute Gasteiger partial charge is 0.317 e. The third-order valence-electron chi connectivity index (χ3n) is 0.957. The minimum atomic E-state index is 1.25. The van der Waals surface area contributed by atoms with E-state index >= 15 is 0 Å². The fraction of sp³-hybridized carbons (Fsp3) is 1.00. The highest BCUT2D eigenvalue weighted by Crippen LogP contribution is 1.90. The van der Waals surface area contributed by atoms with E-state index < -0.39 is 0 Å². The zero-order valence-corrected chi connectivity index (χ0v) is 6.04. The van der Waals surface area contributed by atoms with Gasteiger partial charge in [-0.3, -0.25) is 0 Å². The van der Waals surface area contributed by atoms with Crippen LogP contribution in [0, 0.1) is 0 Å². The van der Waals surface area contributed by atoms with Gasteiger partial charge in [0.05, 0.1) is 0 Å². The normalized spacial score (nSPS) is 17.2. The molecule has 0 unspecified atom stereocenters. The molecule has 1 aliphatic rings. The molecule has 1 rings (SSSR count). The van der Waals surface area contributed by atoms with Crippen LogP contribution in [0.3, 0.4) is 0 Å². The highest BCUT2D eigenvalue weighted by molar-refractivity contribution is 4.55. The Morgan fingerprint density at radius 2 is 1.50 bits per heavy atom. The van der Waals surface area contributed by atoms with Crippen molar-refractivity contribution in [2.24, 2.45) is 0 Å². The lowest BCUT2D eigenvalue weighted by Gasteiger charge is -1.76. The minimum Gasteiger partial charge on any atom is -0.317 e. The molecule has 1 saturated heterocycles. The Morgan fingerprint density at radius 1 is 1.12 bits per heavy atom. The fourth-order valence-corrected chi connectivity index (χ4v) is 0.625. The highest BCUT2D eigenvalue weighted by atomic mass is 14.9. The second kappa shape index (κ2) is 6.96. The second-order valence-electron chi connectivity index (χ2n) is 2.16.